The lowest BCUT2D eigenvalue weighted by molar-refractivity contribution is 1.28. The molecule has 0 N–H and O–H groups in total. The van der Waals surface area contributed by atoms with E-state index in [2.05, 4.69) is 147 Å². The summed E-state index contributed by atoms with van der Waals surface area (Å²) in [5.41, 5.74) is 10.8. The largest absolute Gasteiger partial charge is 0.256 e. The number of aromatic nitrogens is 1. The molecule has 6 aromatic carbocycles. The van der Waals surface area contributed by atoms with Gasteiger partial charge in [-0.1, -0.05) is 133 Å². The molecule has 0 spiro atoms. The molecule has 7 rings (SSSR count). The van der Waals surface area contributed by atoms with Crippen molar-refractivity contribution >= 4 is 37.9 Å². The van der Waals surface area contributed by atoms with Crippen LogP contribution in [-0.2, 0) is 0 Å². The van der Waals surface area contributed by atoms with Crippen LogP contribution in [-0.4, -0.2) is 4.98 Å². The molecule has 1 heteroatoms. The Bertz CT molecular complexity index is 2140. The lowest BCUT2D eigenvalue weighted by Crippen LogP contribution is -1.93. The lowest BCUT2D eigenvalue weighted by Gasteiger charge is -2.19. The molecule has 0 saturated carbocycles. The number of benzene rings is 6. The second-order valence-electron chi connectivity index (χ2n) is 11.0. The highest BCUT2D eigenvalue weighted by Gasteiger charge is 2.18. The van der Waals surface area contributed by atoms with Crippen molar-refractivity contribution in [3.05, 3.63) is 157 Å². The lowest BCUT2D eigenvalue weighted by atomic mass is 9.84. The van der Waals surface area contributed by atoms with E-state index in [9.17, 15) is 0 Å². The SMILES string of the molecule is C/C=C\C(=C/C)c1ncccc1-c1ccc(-c2c3ccccc3c(-c3cccc4c(C)cccc34)c3ccccc23)cc1. The minimum absolute atomic E-state index is 1.00. The van der Waals surface area contributed by atoms with Gasteiger partial charge in [-0.05, 0) is 98.1 Å². The van der Waals surface area contributed by atoms with E-state index in [0.717, 1.165) is 22.4 Å². The summed E-state index contributed by atoms with van der Waals surface area (Å²) in [5.74, 6) is 0. The van der Waals surface area contributed by atoms with E-state index in [1.54, 1.807) is 0 Å². The second kappa shape index (κ2) is 11.2. The van der Waals surface area contributed by atoms with Crippen LogP contribution >= 0.6 is 0 Å². The zero-order chi connectivity index (χ0) is 29.3. The molecule has 0 unspecified atom stereocenters. The van der Waals surface area contributed by atoms with E-state index in [1.807, 2.05) is 19.2 Å². The van der Waals surface area contributed by atoms with E-state index in [-0.39, 0.29) is 0 Å². The Morgan fingerprint density at radius 2 is 1.07 bits per heavy atom. The fraction of sp³-hybridized carbons (Fsp3) is 0.0714. The van der Waals surface area contributed by atoms with E-state index in [0.29, 0.717) is 0 Å². The maximum absolute atomic E-state index is 4.75. The van der Waals surface area contributed by atoms with Crippen molar-refractivity contribution in [2.45, 2.75) is 20.8 Å². The average molecular weight is 552 g/mol. The monoisotopic (exact) mass is 551 g/mol. The summed E-state index contributed by atoms with van der Waals surface area (Å²) < 4.78 is 0. The van der Waals surface area contributed by atoms with Crippen LogP contribution < -0.4 is 0 Å². The smallest absolute Gasteiger partial charge is 0.0776 e. The minimum Gasteiger partial charge on any atom is -0.256 e. The standard InChI is InChI=1S/C42H33N/c1-4-13-29(5-2)42-33(22-12-27-43-42)30-23-25-31(26-24-30)40-36-15-6-8-17-38(36)41(39-18-9-7-16-37(39)40)35-21-11-19-32-28(3)14-10-20-34(32)35/h4-27H,1-3H3/b13-4-,29-5+. The van der Waals surface area contributed by atoms with Gasteiger partial charge in [0.2, 0.25) is 0 Å². The molecule has 7 aromatic rings. The number of aryl methyl sites for hydroxylation is 1. The zero-order valence-electron chi connectivity index (χ0n) is 24.8. The van der Waals surface area contributed by atoms with Crippen molar-refractivity contribution in [3.63, 3.8) is 0 Å². The molecule has 0 aliphatic rings. The van der Waals surface area contributed by atoms with Gasteiger partial charge in [-0.15, -0.1) is 0 Å². The van der Waals surface area contributed by atoms with Crippen LogP contribution in [0.5, 0.6) is 0 Å². The molecule has 1 heterocycles. The molecule has 1 nitrogen and oxygen atoms in total. The summed E-state index contributed by atoms with van der Waals surface area (Å²) in [6.07, 6.45) is 8.18. The van der Waals surface area contributed by atoms with Gasteiger partial charge in [0.25, 0.3) is 0 Å². The van der Waals surface area contributed by atoms with Crippen LogP contribution in [0.4, 0.5) is 0 Å². The summed E-state index contributed by atoms with van der Waals surface area (Å²) in [6, 6.07) is 44.3. The number of nitrogens with zero attached hydrogens (tertiary/aromatic N) is 1. The third-order valence-corrected chi connectivity index (χ3v) is 8.56. The summed E-state index contributed by atoms with van der Waals surface area (Å²) in [5, 5.41) is 7.67. The van der Waals surface area contributed by atoms with Gasteiger partial charge in [0.15, 0.2) is 0 Å². The molecule has 0 aliphatic carbocycles. The Balaban J connectivity index is 1.46. The molecule has 0 atom stereocenters. The number of hydrogen-bond acceptors (Lipinski definition) is 1. The van der Waals surface area contributed by atoms with E-state index in [4.69, 9.17) is 4.98 Å². The first-order chi connectivity index (χ1) is 21.2. The molecule has 0 amide bonds. The first kappa shape index (κ1) is 26.6. The molecular weight excluding hydrogens is 518 g/mol. The van der Waals surface area contributed by atoms with E-state index < -0.39 is 0 Å². The second-order valence-corrected chi connectivity index (χ2v) is 11.0. The van der Waals surface area contributed by atoms with Crippen molar-refractivity contribution in [3.8, 4) is 33.4 Å². The van der Waals surface area contributed by atoms with Gasteiger partial charge in [0, 0.05) is 11.8 Å². The molecular formula is C42H33N. The fourth-order valence-corrected chi connectivity index (χ4v) is 6.59. The Labute approximate surface area is 253 Å². The maximum Gasteiger partial charge on any atom is 0.0776 e. The number of rotatable bonds is 5. The molecule has 43 heavy (non-hydrogen) atoms. The summed E-state index contributed by atoms with van der Waals surface area (Å²) in [6.45, 7) is 6.31. The topological polar surface area (TPSA) is 12.9 Å². The Hall–Kier alpha value is -5.27. The molecule has 0 saturated heterocycles. The summed E-state index contributed by atoms with van der Waals surface area (Å²) in [7, 11) is 0. The third-order valence-electron chi connectivity index (χ3n) is 8.56. The summed E-state index contributed by atoms with van der Waals surface area (Å²) in [4.78, 5) is 4.75. The highest BCUT2D eigenvalue weighted by Crippen LogP contribution is 2.45. The number of hydrogen-bond donors (Lipinski definition) is 0. The first-order valence-corrected chi connectivity index (χ1v) is 15.0. The van der Waals surface area contributed by atoms with Crippen LogP contribution in [0, 0.1) is 6.92 Å². The quantitative estimate of drug-likeness (QED) is 0.153. The van der Waals surface area contributed by atoms with E-state index in [1.165, 1.54) is 60.1 Å². The van der Waals surface area contributed by atoms with Gasteiger partial charge >= 0.3 is 0 Å². The molecule has 206 valence electrons. The Kier molecular flexibility index (Phi) is 6.93. The molecule has 0 aliphatic heterocycles. The van der Waals surface area contributed by atoms with Crippen molar-refractivity contribution in [2.24, 2.45) is 0 Å². The summed E-state index contributed by atoms with van der Waals surface area (Å²) >= 11 is 0. The fourth-order valence-electron chi connectivity index (χ4n) is 6.59. The van der Waals surface area contributed by atoms with Crippen molar-refractivity contribution in [1.29, 1.82) is 0 Å². The maximum atomic E-state index is 4.75. The van der Waals surface area contributed by atoms with Crippen molar-refractivity contribution < 1.29 is 0 Å². The van der Waals surface area contributed by atoms with Gasteiger partial charge in [-0.25, -0.2) is 0 Å². The average Bonchev–Trinajstić information content (AvgIpc) is 3.06. The number of pyridine rings is 1. The van der Waals surface area contributed by atoms with Gasteiger partial charge in [0.05, 0.1) is 5.69 Å². The predicted octanol–water partition coefficient (Wildman–Crippen LogP) is 11.8. The first-order valence-electron chi connectivity index (χ1n) is 15.0. The van der Waals surface area contributed by atoms with Crippen LogP contribution in [0.1, 0.15) is 25.1 Å². The number of allylic oxidation sites excluding steroid dienone is 4. The normalized spacial score (nSPS) is 12.1. The third kappa shape index (κ3) is 4.54. The highest BCUT2D eigenvalue weighted by molar-refractivity contribution is 6.23. The van der Waals surface area contributed by atoms with Gasteiger partial charge in [0.1, 0.15) is 0 Å². The minimum atomic E-state index is 1.00. The Morgan fingerprint density at radius 3 is 1.72 bits per heavy atom. The molecule has 0 fully saturated rings. The van der Waals surface area contributed by atoms with Gasteiger partial charge in [-0.2, -0.15) is 0 Å². The molecule has 0 bridgehead atoms. The van der Waals surface area contributed by atoms with Crippen molar-refractivity contribution in [1.82, 2.24) is 4.98 Å². The molecule has 0 radical (unpaired) electrons. The predicted molar refractivity (Wildman–Crippen MR) is 186 cm³/mol. The zero-order valence-corrected chi connectivity index (χ0v) is 24.8. The van der Waals surface area contributed by atoms with Gasteiger partial charge in [-0.3, -0.25) is 4.98 Å². The van der Waals surface area contributed by atoms with Crippen molar-refractivity contribution in [2.75, 3.05) is 0 Å². The molecule has 1 aromatic heterocycles. The highest BCUT2D eigenvalue weighted by atomic mass is 14.7. The van der Waals surface area contributed by atoms with Crippen LogP contribution in [0.15, 0.2) is 146 Å². The van der Waals surface area contributed by atoms with Crippen LogP contribution in [0.25, 0.3) is 71.3 Å². The van der Waals surface area contributed by atoms with Crippen LogP contribution in [0.3, 0.4) is 0 Å². The van der Waals surface area contributed by atoms with Crippen LogP contribution in [0.2, 0.25) is 0 Å². The van der Waals surface area contributed by atoms with E-state index >= 15 is 0 Å². The number of fused-ring (bicyclic) bond motifs is 3. The van der Waals surface area contributed by atoms with Gasteiger partial charge < -0.3 is 0 Å². The Morgan fingerprint density at radius 1 is 0.512 bits per heavy atom.